The maximum atomic E-state index is 11.3. The first-order valence-electron chi connectivity index (χ1n) is 5.10. The Hall–Kier alpha value is -0.670. The maximum absolute atomic E-state index is 11.3. The van der Waals surface area contributed by atoms with Gasteiger partial charge in [0.1, 0.15) is 0 Å². The molecule has 0 aliphatic heterocycles. The van der Waals surface area contributed by atoms with E-state index >= 15 is 0 Å². The van der Waals surface area contributed by atoms with Gasteiger partial charge in [0.2, 0.25) is 0 Å². The van der Waals surface area contributed by atoms with Crippen LogP contribution in [-0.4, -0.2) is 25.5 Å². The largest absolute Gasteiger partial charge is 0.383 e. The molecule has 3 nitrogen and oxygen atoms in total. The summed E-state index contributed by atoms with van der Waals surface area (Å²) in [6.07, 6.45) is 6.59. The van der Waals surface area contributed by atoms with Crippen LogP contribution < -0.4 is 5.73 Å². The minimum absolute atomic E-state index is 0.102. The first-order valence-corrected chi connectivity index (χ1v) is 5.10. The van der Waals surface area contributed by atoms with E-state index in [-0.39, 0.29) is 5.78 Å². The van der Waals surface area contributed by atoms with Crippen molar-refractivity contribution in [2.75, 3.05) is 13.7 Å². The number of ketones is 1. The van der Waals surface area contributed by atoms with E-state index in [0.717, 1.165) is 25.7 Å². The van der Waals surface area contributed by atoms with Crippen molar-refractivity contribution >= 4 is 5.78 Å². The number of carbonyl (C=O) groups is 1. The Morgan fingerprint density at radius 2 is 2.21 bits per heavy atom. The monoisotopic (exact) mass is 199 g/mol. The summed E-state index contributed by atoms with van der Waals surface area (Å²) in [4.78, 5) is 11.3. The molecule has 0 bridgehead atoms. The summed E-state index contributed by atoms with van der Waals surface area (Å²) in [5.74, 6) is 0.102. The Bertz CT molecular complexity index is 169. The van der Waals surface area contributed by atoms with Gasteiger partial charge in [-0.05, 0) is 19.3 Å². The lowest BCUT2D eigenvalue weighted by Crippen LogP contribution is -2.34. The van der Waals surface area contributed by atoms with Gasteiger partial charge in [-0.2, -0.15) is 0 Å². The van der Waals surface area contributed by atoms with Crippen LogP contribution in [0.15, 0.2) is 12.7 Å². The fourth-order valence-electron chi connectivity index (χ4n) is 1.22. The lowest BCUT2D eigenvalue weighted by atomic mass is 10.1. The van der Waals surface area contributed by atoms with Crippen LogP contribution >= 0.6 is 0 Å². The summed E-state index contributed by atoms with van der Waals surface area (Å²) < 4.78 is 4.81. The van der Waals surface area contributed by atoms with Crippen molar-refractivity contribution in [2.45, 2.75) is 38.1 Å². The molecule has 0 aliphatic rings. The summed E-state index contributed by atoms with van der Waals surface area (Å²) in [7, 11) is 1.55. The minimum Gasteiger partial charge on any atom is -0.383 e. The zero-order chi connectivity index (χ0) is 10.8. The van der Waals surface area contributed by atoms with Crippen molar-refractivity contribution in [2.24, 2.45) is 5.73 Å². The van der Waals surface area contributed by atoms with E-state index in [9.17, 15) is 4.79 Å². The smallest absolute Gasteiger partial charge is 0.151 e. The maximum Gasteiger partial charge on any atom is 0.151 e. The number of unbranched alkanes of at least 4 members (excludes halogenated alkanes) is 3. The Balaban J connectivity index is 3.38. The average molecular weight is 199 g/mol. The van der Waals surface area contributed by atoms with Crippen LogP contribution in [0.25, 0.3) is 0 Å². The van der Waals surface area contributed by atoms with Gasteiger partial charge in [0.25, 0.3) is 0 Å². The Morgan fingerprint density at radius 3 is 2.79 bits per heavy atom. The van der Waals surface area contributed by atoms with E-state index in [1.54, 1.807) is 7.11 Å². The fourth-order valence-corrected chi connectivity index (χ4v) is 1.22. The predicted molar refractivity (Wildman–Crippen MR) is 58.1 cm³/mol. The molecule has 1 atom stereocenters. The normalized spacial score (nSPS) is 12.4. The average Bonchev–Trinajstić information content (AvgIpc) is 2.17. The standard InChI is InChI=1S/C11H21NO2/c1-3-4-5-6-7-8-11(13)10(12)9-14-2/h3,10H,1,4-9,12H2,2H3. The number of allylic oxidation sites excluding steroid dienone is 1. The van der Waals surface area contributed by atoms with E-state index in [2.05, 4.69) is 6.58 Å². The highest BCUT2D eigenvalue weighted by molar-refractivity contribution is 5.83. The molecule has 0 rings (SSSR count). The van der Waals surface area contributed by atoms with Gasteiger partial charge in [-0.1, -0.05) is 12.5 Å². The lowest BCUT2D eigenvalue weighted by molar-refractivity contribution is -0.121. The van der Waals surface area contributed by atoms with E-state index in [1.165, 1.54) is 0 Å². The molecule has 14 heavy (non-hydrogen) atoms. The molecule has 3 heteroatoms. The van der Waals surface area contributed by atoms with Crippen molar-refractivity contribution in [3.8, 4) is 0 Å². The van der Waals surface area contributed by atoms with Gasteiger partial charge in [0.15, 0.2) is 5.78 Å². The van der Waals surface area contributed by atoms with Crippen LogP contribution in [0, 0.1) is 0 Å². The third-order valence-electron chi connectivity index (χ3n) is 2.09. The van der Waals surface area contributed by atoms with E-state index < -0.39 is 6.04 Å². The summed E-state index contributed by atoms with van der Waals surface area (Å²) in [5.41, 5.74) is 5.58. The van der Waals surface area contributed by atoms with Gasteiger partial charge in [0.05, 0.1) is 12.6 Å². The quantitative estimate of drug-likeness (QED) is 0.454. The number of nitrogens with two attached hydrogens (primary N) is 1. The van der Waals surface area contributed by atoms with Crippen molar-refractivity contribution in [3.63, 3.8) is 0 Å². The molecular formula is C11H21NO2. The molecule has 0 spiro atoms. The van der Waals surface area contributed by atoms with Gasteiger partial charge in [-0.3, -0.25) is 4.79 Å². The highest BCUT2D eigenvalue weighted by atomic mass is 16.5. The van der Waals surface area contributed by atoms with Crippen LogP contribution in [0.5, 0.6) is 0 Å². The molecule has 0 saturated heterocycles. The molecule has 0 aromatic heterocycles. The van der Waals surface area contributed by atoms with Gasteiger partial charge < -0.3 is 10.5 Å². The van der Waals surface area contributed by atoms with Gasteiger partial charge in [-0.25, -0.2) is 0 Å². The summed E-state index contributed by atoms with van der Waals surface area (Å²) in [6.45, 7) is 3.97. The molecule has 0 aromatic rings. The number of methoxy groups -OCH3 is 1. The minimum atomic E-state index is -0.445. The van der Waals surface area contributed by atoms with Gasteiger partial charge >= 0.3 is 0 Å². The molecule has 0 saturated carbocycles. The molecule has 82 valence electrons. The van der Waals surface area contributed by atoms with Crippen LogP contribution in [0.4, 0.5) is 0 Å². The lowest BCUT2D eigenvalue weighted by Gasteiger charge is -2.08. The van der Waals surface area contributed by atoms with Crippen LogP contribution in [0.2, 0.25) is 0 Å². The highest BCUT2D eigenvalue weighted by Gasteiger charge is 2.11. The van der Waals surface area contributed by atoms with Crippen LogP contribution in [0.1, 0.15) is 32.1 Å². The second kappa shape index (κ2) is 8.91. The second-order valence-corrected chi connectivity index (χ2v) is 3.42. The number of Topliss-reactive ketones (excluding diaryl/α,β-unsaturated/α-hetero) is 1. The Labute approximate surface area is 86.3 Å². The topological polar surface area (TPSA) is 52.3 Å². The Morgan fingerprint density at radius 1 is 1.50 bits per heavy atom. The van der Waals surface area contributed by atoms with E-state index in [0.29, 0.717) is 13.0 Å². The van der Waals surface area contributed by atoms with Crippen LogP contribution in [0.3, 0.4) is 0 Å². The molecule has 1 unspecified atom stereocenters. The fraction of sp³-hybridized carbons (Fsp3) is 0.727. The zero-order valence-corrected chi connectivity index (χ0v) is 9.00. The zero-order valence-electron chi connectivity index (χ0n) is 9.00. The third-order valence-corrected chi connectivity index (χ3v) is 2.09. The van der Waals surface area contributed by atoms with Gasteiger partial charge in [-0.15, -0.1) is 6.58 Å². The summed E-state index contributed by atoms with van der Waals surface area (Å²) in [5, 5.41) is 0. The van der Waals surface area contributed by atoms with E-state index in [1.807, 2.05) is 6.08 Å². The predicted octanol–water partition coefficient (Wildman–Crippen LogP) is 1.67. The molecule has 0 aliphatic carbocycles. The Kier molecular flexibility index (Phi) is 8.48. The number of hydrogen-bond donors (Lipinski definition) is 1. The SMILES string of the molecule is C=CCCCCCC(=O)C(N)COC. The summed E-state index contributed by atoms with van der Waals surface area (Å²) in [6, 6.07) is -0.445. The molecule has 0 amide bonds. The number of carbonyl (C=O) groups excluding carboxylic acids is 1. The van der Waals surface area contributed by atoms with Crippen molar-refractivity contribution in [3.05, 3.63) is 12.7 Å². The first kappa shape index (κ1) is 13.3. The number of ether oxygens (including phenoxy) is 1. The highest BCUT2D eigenvalue weighted by Crippen LogP contribution is 2.04. The van der Waals surface area contributed by atoms with Crippen LogP contribution in [-0.2, 0) is 9.53 Å². The van der Waals surface area contributed by atoms with Gasteiger partial charge in [0, 0.05) is 13.5 Å². The van der Waals surface area contributed by atoms with Crippen molar-refractivity contribution in [1.29, 1.82) is 0 Å². The summed E-state index contributed by atoms with van der Waals surface area (Å²) >= 11 is 0. The molecule has 0 fully saturated rings. The number of rotatable bonds is 9. The van der Waals surface area contributed by atoms with E-state index in [4.69, 9.17) is 10.5 Å². The molecule has 0 radical (unpaired) electrons. The van der Waals surface area contributed by atoms with Crippen molar-refractivity contribution in [1.82, 2.24) is 0 Å². The number of hydrogen-bond acceptors (Lipinski definition) is 3. The first-order chi connectivity index (χ1) is 6.72. The molecular weight excluding hydrogens is 178 g/mol. The third kappa shape index (κ3) is 6.80. The molecule has 0 aromatic carbocycles. The second-order valence-electron chi connectivity index (χ2n) is 3.42. The van der Waals surface area contributed by atoms with Crippen molar-refractivity contribution < 1.29 is 9.53 Å². The molecule has 2 N–H and O–H groups in total. The molecule has 0 heterocycles.